The first-order chi connectivity index (χ1) is 8.61. The van der Waals surface area contributed by atoms with Crippen molar-refractivity contribution >= 4 is 39.0 Å². The number of rotatable bonds is 4. The summed E-state index contributed by atoms with van der Waals surface area (Å²) in [6.45, 7) is 5.78. The van der Waals surface area contributed by atoms with Gasteiger partial charge in [0.25, 0.3) is 0 Å². The molecule has 1 aromatic carbocycles. The second-order valence-electron chi connectivity index (χ2n) is 3.94. The first kappa shape index (κ1) is 13.1. The molecule has 1 aromatic heterocycles. The van der Waals surface area contributed by atoms with Crippen LogP contribution in [0, 0.1) is 6.92 Å². The number of carbonyl (C=O) groups excluding carboxylic acids is 1. The van der Waals surface area contributed by atoms with E-state index >= 15 is 0 Å². The predicted molar refractivity (Wildman–Crippen MR) is 76.4 cm³/mol. The van der Waals surface area contributed by atoms with Crippen LogP contribution in [0.4, 0.5) is 0 Å². The Kier molecular flexibility index (Phi) is 4.04. The van der Waals surface area contributed by atoms with Crippen molar-refractivity contribution in [1.29, 1.82) is 0 Å². The van der Waals surface area contributed by atoms with Gasteiger partial charge in [0.2, 0.25) is 0 Å². The molecule has 0 fully saturated rings. The molecule has 0 radical (unpaired) electrons. The number of carbonyl (C=O) groups is 1. The zero-order valence-corrected chi connectivity index (χ0v) is 11.6. The number of thiophene rings is 1. The second kappa shape index (κ2) is 5.55. The van der Waals surface area contributed by atoms with E-state index in [1.807, 2.05) is 25.1 Å². The first-order valence-corrected chi connectivity index (χ1v) is 6.75. The Morgan fingerprint density at radius 1 is 1.56 bits per heavy atom. The summed E-state index contributed by atoms with van der Waals surface area (Å²) in [5.74, 6) is -0.226. The maximum absolute atomic E-state index is 11.6. The molecule has 2 aromatic rings. The molecule has 0 aliphatic carbocycles. The van der Waals surface area contributed by atoms with Crippen molar-refractivity contribution < 1.29 is 9.53 Å². The van der Waals surface area contributed by atoms with Gasteiger partial charge in [-0.25, -0.2) is 0 Å². The standard InChI is InChI=1S/C14H13ClO2S/c1-3-6-17-14(16)8-13-9(2)11-7-10(15)4-5-12(11)18-13/h3-5,7H,1,6,8H2,2H3. The zero-order valence-electron chi connectivity index (χ0n) is 10.0. The number of hydrogen-bond acceptors (Lipinski definition) is 3. The van der Waals surface area contributed by atoms with E-state index in [9.17, 15) is 4.79 Å². The summed E-state index contributed by atoms with van der Waals surface area (Å²) in [5, 5.41) is 1.82. The molecule has 0 saturated heterocycles. The zero-order chi connectivity index (χ0) is 13.1. The van der Waals surface area contributed by atoms with Gasteiger partial charge in [-0.1, -0.05) is 24.3 Å². The van der Waals surface area contributed by atoms with Gasteiger partial charge in [-0.3, -0.25) is 4.79 Å². The number of esters is 1. The molecule has 0 atom stereocenters. The topological polar surface area (TPSA) is 26.3 Å². The van der Waals surface area contributed by atoms with Gasteiger partial charge in [-0.2, -0.15) is 0 Å². The van der Waals surface area contributed by atoms with Crippen molar-refractivity contribution in [1.82, 2.24) is 0 Å². The van der Waals surface area contributed by atoms with E-state index in [4.69, 9.17) is 16.3 Å². The third kappa shape index (κ3) is 2.74. The molecule has 94 valence electrons. The fourth-order valence-electron chi connectivity index (χ4n) is 1.75. The van der Waals surface area contributed by atoms with Crippen molar-refractivity contribution in [2.45, 2.75) is 13.3 Å². The van der Waals surface area contributed by atoms with Crippen LogP contribution < -0.4 is 0 Å². The number of fused-ring (bicyclic) bond motifs is 1. The molecule has 18 heavy (non-hydrogen) atoms. The fraction of sp³-hybridized carbons (Fsp3) is 0.214. The minimum Gasteiger partial charge on any atom is -0.461 e. The lowest BCUT2D eigenvalue weighted by Gasteiger charge is -2.00. The van der Waals surface area contributed by atoms with Crippen LogP contribution in [0.1, 0.15) is 10.4 Å². The molecule has 0 spiro atoms. The van der Waals surface area contributed by atoms with Crippen LogP contribution in [-0.2, 0) is 16.0 Å². The van der Waals surface area contributed by atoms with Crippen LogP contribution in [0.15, 0.2) is 30.9 Å². The highest BCUT2D eigenvalue weighted by molar-refractivity contribution is 7.19. The summed E-state index contributed by atoms with van der Waals surface area (Å²) >= 11 is 7.59. The first-order valence-electron chi connectivity index (χ1n) is 5.56. The molecule has 0 bridgehead atoms. The lowest BCUT2D eigenvalue weighted by atomic mass is 10.1. The second-order valence-corrected chi connectivity index (χ2v) is 5.51. The Morgan fingerprint density at radius 3 is 3.06 bits per heavy atom. The normalized spacial score (nSPS) is 10.6. The van der Waals surface area contributed by atoms with Gasteiger partial charge < -0.3 is 4.74 Å². The molecular weight excluding hydrogens is 268 g/mol. The molecule has 0 N–H and O–H groups in total. The molecule has 0 aliphatic rings. The molecule has 0 aliphatic heterocycles. The molecule has 0 unspecified atom stereocenters. The Labute approximate surface area is 115 Å². The maximum atomic E-state index is 11.6. The van der Waals surface area contributed by atoms with Gasteiger partial charge in [0.05, 0.1) is 6.42 Å². The van der Waals surface area contributed by atoms with E-state index in [1.54, 1.807) is 17.4 Å². The van der Waals surface area contributed by atoms with Gasteiger partial charge >= 0.3 is 5.97 Å². The molecule has 4 heteroatoms. The van der Waals surface area contributed by atoms with Crippen molar-refractivity contribution in [3.05, 3.63) is 46.3 Å². The third-order valence-corrected chi connectivity index (χ3v) is 4.17. The van der Waals surface area contributed by atoms with Gasteiger partial charge in [-0.05, 0) is 36.1 Å². The number of hydrogen-bond donors (Lipinski definition) is 0. The Balaban J connectivity index is 2.26. The number of halogens is 1. The summed E-state index contributed by atoms with van der Waals surface area (Å²) in [4.78, 5) is 12.6. The van der Waals surface area contributed by atoms with Gasteiger partial charge in [0.15, 0.2) is 0 Å². The Morgan fingerprint density at radius 2 is 2.33 bits per heavy atom. The van der Waals surface area contributed by atoms with Crippen LogP contribution in [0.2, 0.25) is 5.02 Å². The minimum absolute atomic E-state index is 0.226. The van der Waals surface area contributed by atoms with Crippen LogP contribution in [0.25, 0.3) is 10.1 Å². The van der Waals surface area contributed by atoms with Crippen LogP contribution in [0.5, 0.6) is 0 Å². The van der Waals surface area contributed by atoms with Gasteiger partial charge in [0, 0.05) is 14.6 Å². The Bertz CT molecular complexity index is 601. The van der Waals surface area contributed by atoms with Crippen molar-refractivity contribution in [2.24, 2.45) is 0 Å². The van der Waals surface area contributed by atoms with Crippen LogP contribution in [-0.4, -0.2) is 12.6 Å². The molecule has 1 heterocycles. The van der Waals surface area contributed by atoms with Crippen LogP contribution >= 0.6 is 22.9 Å². The van der Waals surface area contributed by atoms with Crippen molar-refractivity contribution in [3.63, 3.8) is 0 Å². The van der Waals surface area contributed by atoms with Crippen molar-refractivity contribution in [3.8, 4) is 0 Å². The monoisotopic (exact) mass is 280 g/mol. The molecule has 0 amide bonds. The lowest BCUT2D eigenvalue weighted by Crippen LogP contribution is -2.07. The quantitative estimate of drug-likeness (QED) is 0.622. The number of ether oxygens (including phenoxy) is 1. The van der Waals surface area contributed by atoms with E-state index in [1.165, 1.54) is 0 Å². The number of aryl methyl sites for hydroxylation is 1. The van der Waals surface area contributed by atoms with Gasteiger partial charge in [0.1, 0.15) is 6.61 Å². The summed E-state index contributed by atoms with van der Waals surface area (Å²) < 4.78 is 6.14. The van der Waals surface area contributed by atoms with E-state index in [0.29, 0.717) is 11.4 Å². The predicted octanol–water partition coefficient (Wildman–Crippen LogP) is 4.13. The third-order valence-electron chi connectivity index (χ3n) is 2.66. The molecule has 2 nitrogen and oxygen atoms in total. The van der Waals surface area contributed by atoms with E-state index in [-0.39, 0.29) is 12.6 Å². The van der Waals surface area contributed by atoms with Gasteiger partial charge in [-0.15, -0.1) is 11.3 Å². The number of benzene rings is 1. The maximum Gasteiger partial charge on any atom is 0.311 e. The highest BCUT2D eigenvalue weighted by Crippen LogP contribution is 2.33. The SMILES string of the molecule is C=CCOC(=O)Cc1sc2ccc(Cl)cc2c1C. The minimum atomic E-state index is -0.226. The van der Waals surface area contributed by atoms with E-state index < -0.39 is 0 Å². The average molecular weight is 281 g/mol. The average Bonchev–Trinajstić information content (AvgIpc) is 2.64. The summed E-state index contributed by atoms with van der Waals surface area (Å²) in [6, 6.07) is 5.77. The molecular formula is C14H13ClO2S. The largest absolute Gasteiger partial charge is 0.461 e. The van der Waals surface area contributed by atoms with E-state index in [0.717, 1.165) is 20.5 Å². The Hall–Kier alpha value is -1.32. The molecule has 2 rings (SSSR count). The highest BCUT2D eigenvalue weighted by atomic mass is 35.5. The van der Waals surface area contributed by atoms with Crippen LogP contribution in [0.3, 0.4) is 0 Å². The van der Waals surface area contributed by atoms with E-state index in [2.05, 4.69) is 6.58 Å². The lowest BCUT2D eigenvalue weighted by molar-refractivity contribution is -0.141. The summed E-state index contributed by atoms with van der Waals surface area (Å²) in [6.07, 6.45) is 1.87. The summed E-state index contributed by atoms with van der Waals surface area (Å²) in [7, 11) is 0. The molecule has 0 saturated carbocycles. The summed E-state index contributed by atoms with van der Waals surface area (Å²) in [5.41, 5.74) is 1.10. The smallest absolute Gasteiger partial charge is 0.311 e. The van der Waals surface area contributed by atoms with Crippen molar-refractivity contribution in [2.75, 3.05) is 6.61 Å². The highest BCUT2D eigenvalue weighted by Gasteiger charge is 2.12. The fourth-order valence-corrected chi connectivity index (χ4v) is 3.10.